The predicted molar refractivity (Wildman–Crippen MR) is 81.5 cm³/mol. The van der Waals surface area contributed by atoms with Crippen molar-refractivity contribution in [2.75, 3.05) is 30.3 Å². The Hall–Kier alpha value is -2.57. The zero-order chi connectivity index (χ0) is 14.5. The molecule has 2 aromatic rings. The number of rotatable bonds is 5. The van der Waals surface area contributed by atoms with Gasteiger partial charge in [-0.3, -0.25) is 0 Å². The minimum atomic E-state index is 0.419. The molecule has 3 N–H and O–H groups in total. The first kappa shape index (κ1) is 13.9. The summed E-state index contributed by atoms with van der Waals surface area (Å²) in [7, 11) is 4.01. The van der Waals surface area contributed by atoms with Crippen LogP contribution in [0.2, 0.25) is 0 Å². The summed E-state index contributed by atoms with van der Waals surface area (Å²) in [6.07, 6.45) is 2.43. The number of nitrogens with two attached hydrogens (primary N) is 1. The third-order valence-corrected chi connectivity index (χ3v) is 2.87. The molecule has 106 valence electrons. The number of hydrogen-bond donors (Lipinski definition) is 2. The molecule has 0 saturated carbocycles. The van der Waals surface area contributed by atoms with E-state index in [4.69, 9.17) is 5.84 Å². The van der Waals surface area contributed by atoms with Crippen LogP contribution in [0.3, 0.4) is 0 Å². The van der Waals surface area contributed by atoms with Crippen LogP contribution < -0.4 is 16.2 Å². The normalized spacial score (nSPS) is 10.9. The zero-order valence-corrected chi connectivity index (χ0v) is 11.9. The Balaban J connectivity index is 2.00. The highest BCUT2D eigenvalue weighted by atomic mass is 15.5. The second kappa shape index (κ2) is 6.05. The van der Waals surface area contributed by atoms with Gasteiger partial charge in [-0.15, -0.1) is 10.2 Å². The lowest BCUT2D eigenvalue weighted by molar-refractivity contribution is 0.855. The molecule has 0 radical (unpaired) electrons. The molecular weight excluding hydrogens is 254 g/mol. The molecule has 1 aromatic heterocycles. The second-order valence-corrected chi connectivity index (χ2v) is 4.52. The van der Waals surface area contributed by atoms with Crippen molar-refractivity contribution in [2.24, 2.45) is 5.10 Å². The molecule has 0 saturated heterocycles. The van der Waals surface area contributed by atoms with Gasteiger partial charge in [-0.05, 0) is 17.7 Å². The van der Waals surface area contributed by atoms with Crippen molar-refractivity contribution in [1.82, 2.24) is 14.9 Å². The molecular formula is C13H19N7. The summed E-state index contributed by atoms with van der Waals surface area (Å²) in [6.45, 7) is 1.97. The molecule has 1 aromatic carbocycles. The Labute approximate surface area is 118 Å². The summed E-state index contributed by atoms with van der Waals surface area (Å²) in [5.74, 6) is 6.92. The summed E-state index contributed by atoms with van der Waals surface area (Å²) in [5.41, 5.74) is 4.91. The van der Waals surface area contributed by atoms with Gasteiger partial charge in [0.05, 0.1) is 6.21 Å². The number of aromatic nitrogens is 3. The number of hydrogen-bond acceptors (Lipinski definition) is 6. The van der Waals surface area contributed by atoms with E-state index in [1.807, 2.05) is 50.2 Å². The lowest BCUT2D eigenvalue weighted by Gasteiger charge is -2.11. The van der Waals surface area contributed by atoms with Gasteiger partial charge in [-0.25, -0.2) is 10.1 Å². The van der Waals surface area contributed by atoms with E-state index in [2.05, 4.69) is 20.7 Å². The van der Waals surface area contributed by atoms with Crippen molar-refractivity contribution in [1.29, 1.82) is 0 Å². The maximum absolute atomic E-state index is 5.80. The van der Waals surface area contributed by atoms with E-state index in [1.165, 1.54) is 4.68 Å². The van der Waals surface area contributed by atoms with Crippen LogP contribution in [-0.2, 0) is 6.42 Å². The van der Waals surface area contributed by atoms with Gasteiger partial charge in [0.15, 0.2) is 5.82 Å². The van der Waals surface area contributed by atoms with Crippen LogP contribution in [0.15, 0.2) is 29.4 Å². The van der Waals surface area contributed by atoms with Crippen LogP contribution in [0.25, 0.3) is 0 Å². The van der Waals surface area contributed by atoms with Crippen LogP contribution in [0.1, 0.15) is 18.3 Å². The molecule has 0 unspecified atom stereocenters. The van der Waals surface area contributed by atoms with Gasteiger partial charge >= 0.3 is 0 Å². The molecule has 0 amide bonds. The quantitative estimate of drug-likeness (QED) is 0.483. The molecule has 1 heterocycles. The maximum atomic E-state index is 5.80. The number of nitrogens with one attached hydrogen (secondary N) is 1. The third kappa shape index (κ3) is 3.05. The average Bonchev–Trinajstić information content (AvgIpc) is 2.80. The molecule has 0 fully saturated rings. The minimum absolute atomic E-state index is 0.419. The van der Waals surface area contributed by atoms with Gasteiger partial charge < -0.3 is 10.7 Å². The Kier molecular flexibility index (Phi) is 4.19. The van der Waals surface area contributed by atoms with Crippen LogP contribution in [0.5, 0.6) is 0 Å². The van der Waals surface area contributed by atoms with Crippen LogP contribution in [0.4, 0.5) is 11.6 Å². The lowest BCUT2D eigenvalue weighted by atomic mass is 10.2. The van der Waals surface area contributed by atoms with Crippen molar-refractivity contribution in [3.05, 3.63) is 35.7 Å². The van der Waals surface area contributed by atoms with E-state index in [0.717, 1.165) is 17.7 Å². The summed E-state index contributed by atoms with van der Waals surface area (Å²) >= 11 is 0. The van der Waals surface area contributed by atoms with E-state index in [-0.39, 0.29) is 0 Å². The number of hydrazone groups is 1. The monoisotopic (exact) mass is 273 g/mol. The fourth-order valence-electron chi connectivity index (χ4n) is 1.66. The van der Waals surface area contributed by atoms with Gasteiger partial charge in [0, 0.05) is 26.2 Å². The maximum Gasteiger partial charge on any atom is 0.263 e. The smallest absolute Gasteiger partial charge is 0.263 e. The average molecular weight is 273 g/mol. The molecule has 0 spiro atoms. The molecule has 0 atom stereocenters. The number of benzene rings is 1. The van der Waals surface area contributed by atoms with Gasteiger partial charge in [-0.2, -0.15) is 5.10 Å². The van der Waals surface area contributed by atoms with Crippen LogP contribution in [0, 0.1) is 0 Å². The minimum Gasteiger partial charge on any atom is -0.378 e. The fourth-order valence-corrected chi connectivity index (χ4v) is 1.66. The third-order valence-electron chi connectivity index (χ3n) is 2.87. The first-order chi connectivity index (χ1) is 9.61. The summed E-state index contributed by atoms with van der Waals surface area (Å²) < 4.78 is 1.40. The van der Waals surface area contributed by atoms with Gasteiger partial charge in [0.2, 0.25) is 0 Å². The number of aryl methyl sites for hydroxylation is 1. The van der Waals surface area contributed by atoms with Crippen LogP contribution in [-0.4, -0.2) is 35.2 Å². The highest BCUT2D eigenvalue weighted by Gasteiger charge is 2.05. The van der Waals surface area contributed by atoms with Crippen molar-refractivity contribution in [3.8, 4) is 0 Å². The number of nitrogens with zero attached hydrogens (tertiary/aromatic N) is 5. The molecule has 0 aliphatic heterocycles. The Morgan fingerprint density at radius 1 is 1.30 bits per heavy atom. The molecule has 7 nitrogen and oxygen atoms in total. The first-order valence-corrected chi connectivity index (χ1v) is 6.37. The fraction of sp³-hybridized carbons (Fsp3) is 0.308. The van der Waals surface area contributed by atoms with Gasteiger partial charge in [0.25, 0.3) is 5.95 Å². The number of nitrogen functional groups attached to an aromatic ring is 1. The van der Waals surface area contributed by atoms with Gasteiger partial charge in [0.1, 0.15) is 0 Å². The van der Waals surface area contributed by atoms with Crippen molar-refractivity contribution < 1.29 is 0 Å². The van der Waals surface area contributed by atoms with E-state index in [0.29, 0.717) is 11.8 Å². The zero-order valence-electron chi connectivity index (χ0n) is 11.9. The molecule has 0 aliphatic rings. The first-order valence-electron chi connectivity index (χ1n) is 6.37. The van der Waals surface area contributed by atoms with Crippen LogP contribution >= 0.6 is 0 Å². The lowest BCUT2D eigenvalue weighted by Crippen LogP contribution is -2.14. The van der Waals surface area contributed by atoms with Crippen molar-refractivity contribution in [3.63, 3.8) is 0 Å². The second-order valence-electron chi connectivity index (χ2n) is 4.52. The molecule has 0 bridgehead atoms. The Morgan fingerprint density at radius 3 is 2.55 bits per heavy atom. The van der Waals surface area contributed by atoms with Crippen molar-refractivity contribution >= 4 is 17.9 Å². The molecule has 20 heavy (non-hydrogen) atoms. The largest absolute Gasteiger partial charge is 0.378 e. The van der Waals surface area contributed by atoms with Gasteiger partial charge in [-0.1, -0.05) is 19.1 Å². The summed E-state index contributed by atoms with van der Waals surface area (Å²) in [4.78, 5) is 2.04. The van der Waals surface area contributed by atoms with E-state index in [1.54, 1.807) is 6.21 Å². The summed E-state index contributed by atoms with van der Waals surface area (Å²) in [5, 5.41) is 12.0. The highest BCUT2D eigenvalue weighted by molar-refractivity contribution is 5.80. The predicted octanol–water partition coefficient (Wildman–Crippen LogP) is 1.07. The van der Waals surface area contributed by atoms with Crippen molar-refractivity contribution in [2.45, 2.75) is 13.3 Å². The Morgan fingerprint density at radius 2 is 2.00 bits per heavy atom. The van der Waals surface area contributed by atoms with E-state index < -0.39 is 0 Å². The van der Waals surface area contributed by atoms with E-state index in [9.17, 15) is 0 Å². The number of anilines is 2. The molecule has 0 aliphatic carbocycles. The Bertz CT molecular complexity index is 583. The summed E-state index contributed by atoms with van der Waals surface area (Å²) in [6, 6.07) is 8.04. The van der Waals surface area contributed by atoms with E-state index >= 15 is 0 Å². The molecule has 2 rings (SSSR count). The topological polar surface area (TPSA) is 84.4 Å². The standard InChI is InChI=1S/C13H19N7/c1-4-12-16-18-13(20(12)14)17-15-9-10-5-7-11(8-6-10)19(2)3/h5-9H,4,14H2,1-3H3,(H,17,18). The highest BCUT2D eigenvalue weighted by Crippen LogP contribution is 2.11. The SMILES string of the molecule is CCc1nnc(NN=Cc2ccc(N(C)C)cc2)n1N. The molecule has 7 heteroatoms.